The quantitative estimate of drug-likeness (QED) is 0.645. The summed E-state index contributed by atoms with van der Waals surface area (Å²) in [5.74, 6) is 0. The van der Waals surface area contributed by atoms with E-state index >= 15 is 0 Å². The lowest BCUT2D eigenvalue weighted by Crippen LogP contribution is -2.10. The predicted molar refractivity (Wildman–Crippen MR) is 53.6 cm³/mol. The van der Waals surface area contributed by atoms with Crippen LogP contribution in [-0.2, 0) is 10.8 Å². The minimum atomic E-state index is -0.504. The lowest BCUT2D eigenvalue weighted by molar-refractivity contribution is 0.331. The molecule has 12 heavy (non-hydrogen) atoms. The Balaban J connectivity index is 2.25. The molecule has 0 bridgehead atoms. The van der Waals surface area contributed by atoms with Crippen molar-refractivity contribution >= 4 is 9.04 Å². The normalized spacial score (nSPS) is 10.6. The van der Waals surface area contributed by atoms with Crippen molar-refractivity contribution < 1.29 is 4.43 Å². The maximum atomic E-state index is 5.55. The van der Waals surface area contributed by atoms with Gasteiger partial charge in [-0.05, 0) is 25.1 Å². The molecular formula is C10H15OSi. The number of benzene rings is 1. The second-order valence-electron chi connectivity index (χ2n) is 2.99. The molecule has 0 atom stereocenters. The fourth-order valence-corrected chi connectivity index (χ4v) is 1.53. The van der Waals surface area contributed by atoms with Gasteiger partial charge < -0.3 is 4.43 Å². The molecule has 0 fully saturated rings. The van der Waals surface area contributed by atoms with Crippen LogP contribution in [0.15, 0.2) is 30.3 Å². The van der Waals surface area contributed by atoms with Crippen LogP contribution >= 0.6 is 0 Å². The molecule has 0 aliphatic rings. The molecule has 0 aromatic heterocycles. The first-order chi connectivity index (χ1) is 5.79. The van der Waals surface area contributed by atoms with E-state index in [2.05, 4.69) is 37.4 Å². The molecule has 0 heterocycles. The van der Waals surface area contributed by atoms with Crippen LogP contribution in [-0.4, -0.2) is 15.6 Å². The maximum absolute atomic E-state index is 5.55. The Morgan fingerprint density at radius 1 is 1.17 bits per heavy atom. The predicted octanol–water partition coefficient (Wildman–Crippen LogP) is 2.50. The Morgan fingerprint density at radius 2 is 1.83 bits per heavy atom. The second-order valence-corrected chi connectivity index (χ2v) is 5.10. The molecule has 2 heteroatoms. The van der Waals surface area contributed by atoms with Gasteiger partial charge in [0.05, 0.1) is 0 Å². The van der Waals surface area contributed by atoms with Crippen molar-refractivity contribution in [2.45, 2.75) is 19.5 Å². The summed E-state index contributed by atoms with van der Waals surface area (Å²) >= 11 is 0. The van der Waals surface area contributed by atoms with E-state index in [0.29, 0.717) is 0 Å². The summed E-state index contributed by atoms with van der Waals surface area (Å²) in [5, 5.41) is 0. The molecule has 0 N–H and O–H groups in total. The van der Waals surface area contributed by atoms with E-state index in [1.165, 1.54) is 5.56 Å². The van der Waals surface area contributed by atoms with Crippen molar-refractivity contribution in [2.75, 3.05) is 6.61 Å². The highest BCUT2D eigenvalue weighted by atomic mass is 28.3. The zero-order chi connectivity index (χ0) is 8.81. The highest BCUT2D eigenvalue weighted by Gasteiger charge is 1.96. The fourth-order valence-electron chi connectivity index (χ4n) is 1.02. The molecule has 1 radical (unpaired) electrons. The monoisotopic (exact) mass is 179 g/mol. The van der Waals surface area contributed by atoms with Gasteiger partial charge in [0.1, 0.15) is 0 Å². The summed E-state index contributed by atoms with van der Waals surface area (Å²) in [4.78, 5) is 0. The van der Waals surface area contributed by atoms with Crippen molar-refractivity contribution in [1.29, 1.82) is 0 Å². The van der Waals surface area contributed by atoms with Gasteiger partial charge in [0, 0.05) is 6.61 Å². The largest absolute Gasteiger partial charge is 0.417 e. The van der Waals surface area contributed by atoms with Gasteiger partial charge in [0.25, 0.3) is 0 Å². The van der Waals surface area contributed by atoms with E-state index in [1.807, 2.05) is 6.07 Å². The first-order valence-corrected chi connectivity index (χ1v) is 6.67. The average Bonchev–Trinajstić information content (AvgIpc) is 2.05. The van der Waals surface area contributed by atoms with Gasteiger partial charge in [-0.15, -0.1) is 0 Å². The van der Waals surface area contributed by atoms with Gasteiger partial charge in [0.15, 0.2) is 0 Å². The number of hydrogen-bond donors (Lipinski definition) is 0. The van der Waals surface area contributed by atoms with Gasteiger partial charge in [0.2, 0.25) is 9.04 Å². The van der Waals surface area contributed by atoms with E-state index in [4.69, 9.17) is 4.43 Å². The van der Waals surface area contributed by atoms with Crippen molar-refractivity contribution in [3.63, 3.8) is 0 Å². The molecule has 1 aromatic rings. The summed E-state index contributed by atoms with van der Waals surface area (Å²) in [6.07, 6.45) is 1.04. The SMILES string of the molecule is C[Si](C)OCCc1ccccc1. The van der Waals surface area contributed by atoms with Crippen LogP contribution in [0, 0.1) is 0 Å². The molecule has 1 nitrogen and oxygen atoms in total. The number of rotatable bonds is 4. The van der Waals surface area contributed by atoms with E-state index < -0.39 is 9.04 Å². The topological polar surface area (TPSA) is 9.23 Å². The van der Waals surface area contributed by atoms with Gasteiger partial charge in [-0.3, -0.25) is 0 Å². The lowest BCUT2D eigenvalue weighted by Gasteiger charge is -2.05. The maximum Gasteiger partial charge on any atom is 0.204 e. The van der Waals surface area contributed by atoms with Crippen LogP contribution < -0.4 is 0 Å². The van der Waals surface area contributed by atoms with Gasteiger partial charge in [-0.2, -0.15) is 0 Å². The third-order valence-electron chi connectivity index (χ3n) is 1.62. The molecule has 65 valence electrons. The van der Waals surface area contributed by atoms with Crippen molar-refractivity contribution in [1.82, 2.24) is 0 Å². The fraction of sp³-hybridized carbons (Fsp3) is 0.400. The van der Waals surface area contributed by atoms with Crippen molar-refractivity contribution in [3.8, 4) is 0 Å². The Labute approximate surface area is 76.1 Å². The highest BCUT2D eigenvalue weighted by Crippen LogP contribution is 1.99. The molecular weight excluding hydrogens is 164 g/mol. The molecule has 1 rings (SSSR count). The minimum Gasteiger partial charge on any atom is -0.417 e. The Hall–Kier alpha value is -0.603. The molecule has 0 aliphatic heterocycles. The van der Waals surface area contributed by atoms with Crippen LogP contribution in [0.5, 0.6) is 0 Å². The van der Waals surface area contributed by atoms with Crippen molar-refractivity contribution in [3.05, 3.63) is 35.9 Å². The molecule has 0 saturated carbocycles. The van der Waals surface area contributed by atoms with E-state index in [0.717, 1.165) is 13.0 Å². The Kier molecular flexibility index (Phi) is 4.04. The highest BCUT2D eigenvalue weighted by molar-refractivity contribution is 6.48. The average molecular weight is 179 g/mol. The Morgan fingerprint density at radius 3 is 2.42 bits per heavy atom. The first kappa shape index (κ1) is 9.48. The number of hydrogen-bond acceptors (Lipinski definition) is 1. The van der Waals surface area contributed by atoms with E-state index in [9.17, 15) is 0 Å². The van der Waals surface area contributed by atoms with E-state index in [1.54, 1.807) is 0 Å². The lowest BCUT2D eigenvalue weighted by atomic mass is 10.2. The smallest absolute Gasteiger partial charge is 0.204 e. The minimum absolute atomic E-state index is 0.504. The standard InChI is InChI=1S/C10H15OSi/c1-12(2)11-9-8-10-6-4-3-5-7-10/h3-7H,8-9H2,1-2H3. The molecule has 0 unspecified atom stereocenters. The van der Waals surface area contributed by atoms with Crippen LogP contribution in [0.1, 0.15) is 5.56 Å². The second kappa shape index (κ2) is 5.12. The third-order valence-corrected chi connectivity index (χ3v) is 2.41. The zero-order valence-electron chi connectivity index (χ0n) is 7.71. The van der Waals surface area contributed by atoms with Crippen LogP contribution in [0.25, 0.3) is 0 Å². The van der Waals surface area contributed by atoms with Crippen LogP contribution in [0.3, 0.4) is 0 Å². The van der Waals surface area contributed by atoms with Crippen LogP contribution in [0.4, 0.5) is 0 Å². The van der Waals surface area contributed by atoms with Gasteiger partial charge in [-0.25, -0.2) is 0 Å². The first-order valence-electron chi connectivity index (χ1n) is 4.26. The van der Waals surface area contributed by atoms with Gasteiger partial charge in [-0.1, -0.05) is 30.3 Å². The zero-order valence-corrected chi connectivity index (χ0v) is 8.71. The molecule has 0 aliphatic carbocycles. The molecule has 0 amide bonds. The van der Waals surface area contributed by atoms with Crippen molar-refractivity contribution in [2.24, 2.45) is 0 Å². The van der Waals surface area contributed by atoms with Gasteiger partial charge >= 0.3 is 0 Å². The summed E-state index contributed by atoms with van der Waals surface area (Å²) < 4.78 is 5.55. The summed E-state index contributed by atoms with van der Waals surface area (Å²) in [5.41, 5.74) is 1.36. The van der Waals surface area contributed by atoms with Crippen LogP contribution in [0.2, 0.25) is 13.1 Å². The third kappa shape index (κ3) is 3.69. The molecule has 1 aromatic carbocycles. The molecule has 0 saturated heterocycles. The summed E-state index contributed by atoms with van der Waals surface area (Å²) in [6.45, 7) is 5.19. The van der Waals surface area contributed by atoms with E-state index in [-0.39, 0.29) is 0 Å². The molecule has 0 spiro atoms. The Bertz CT molecular complexity index is 208. The summed E-state index contributed by atoms with van der Waals surface area (Å²) in [6, 6.07) is 10.5. The summed E-state index contributed by atoms with van der Waals surface area (Å²) in [7, 11) is -0.504.